The van der Waals surface area contributed by atoms with Crippen LogP contribution in [0.2, 0.25) is 0 Å². The Bertz CT molecular complexity index is 1060. The standard InChI is InChI=1S/C21H29N7O3S2/c29-16-5-3-14(4-6-16)23-20-24-15(13-28-8-10-33(30,31)11-9-28)12-18(26-20)27-21-25-17-2-1-7-22-19(17)32-21/h1-2,7,12,14,16,29-31H,3-6,8-11,13H2,(H2,23,24,25,26,27). The van der Waals surface area contributed by atoms with Gasteiger partial charge in [0.2, 0.25) is 5.95 Å². The Hall–Kier alpha value is -2.09. The van der Waals surface area contributed by atoms with Crippen molar-refractivity contribution in [1.82, 2.24) is 24.8 Å². The number of nitrogens with zero attached hydrogens (tertiary/aromatic N) is 5. The fourth-order valence-electron chi connectivity index (χ4n) is 4.19. The van der Waals surface area contributed by atoms with Gasteiger partial charge in [0.25, 0.3) is 0 Å². The molecule has 33 heavy (non-hydrogen) atoms. The summed E-state index contributed by atoms with van der Waals surface area (Å²) in [5.74, 6) is 2.00. The highest BCUT2D eigenvalue weighted by Crippen LogP contribution is 2.40. The molecule has 0 amide bonds. The van der Waals surface area contributed by atoms with Gasteiger partial charge in [-0.15, -0.1) is 0 Å². The maximum atomic E-state index is 9.91. The fraction of sp³-hybridized carbons (Fsp3) is 0.524. The summed E-state index contributed by atoms with van der Waals surface area (Å²) in [4.78, 5) is 21.4. The van der Waals surface area contributed by atoms with Crippen LogP contribution in [-0.2, 0) is 6.54 Å². The van der Waals surface area contributed by atoms with Crippen LogP contribution in [0.15, 0.2) is 24.4 Å². The van der Waals surface area contributed by atoms with E-state index < -0.39 is 10.6 Å². The molecule has 1 saturated heterocycles. The maximum absolute atomic E-state index is 9.91. The first-order valence-corrected chi connectivity index (χ1v) is 13.9. The summed E-state index contributed by atoms with van der Waals surface area (Å²) in [6.07, 6.45) is 4.86. The molecule has 0 radical (unpaired) electrons. The van der Waals surface area contributed by atoms with Crippen molar-refractivity contribution in [3.63, 3.8) is 0 Å². The van der Waals surface area contributed by atoms with E-state index in [0.29, 0.717) is 48.0 Å². The summed E-state index contributed by atoms with van der Waals surface area (Å²) in [7, 11) is -2.43. The quantitative estimate of drug-likeness (QED) is 0.348. The number of aromatic nitrogens is 4. The minimum atomic E-state index is -2.43. The Labute approximate surface area is 197 Å². The van der Waals surface area contributed by atoms with Gasteiger partial charge in [-0.1, -0.05) is 11.3 Å². The highest BCUT2D eigenvalue weighted by Gasteiger charge is 2.24. The second kappa shape index (κ2) is 9.65. The Balaban J connectivity index is 1.36. The highest BCUT2D eigenvalue weighted by atomic mass is 32.3. The third-order valence-electron chi connectivity index (χ3n) is 6.06. The van der Waals surface area contributed by atoms with E-state index in [0.717, 1.165) is 41.7 Å². The van der Waals surface area contributed by atoms with Crippen molar-refractivity contribution in [2.75, 3.05) is 35.2 Å². The van der Waals surface area contributed by atoms with Crippen LogP contribution in [0.5, 0.6) is 0 Å². The van der Waals surface area contributed by atoms with E-state index in [1.54, 1.807) is 6.20 Å². The van der Waals surface area contributed by atoms with Gasteiger partial charge in [0, 0.05) is 37.9 Å². The summed E-state index contributed by atoms with van der Waals surface area (Å²) in [5, 5.41) is 17.3. The van der Waals surface area contributed by atoms with Crippen molar-refractivity contribution < 1.29 is 14.2 Å². The van der Waals surface area contributed by atoms with E-state index in [1.807, 2.05) is 18.2 Å². The van der Waals surface area contributed by atoms with Crippen molar-refractivity contribution in [2.24, 2.45) is 0 Å². The molecule has 1 saturated carbocycles. The van der Waals surface area contributed by atoms with Gasteiger partial charge in [-0.05, 0) is 37.8 Å². The van der Waals surface area contributed by atoms with Gasteiger partial charge in [-0.3, -0.25) is 14.0 Å². The van der Waals surface area contributed by atoms with Gasteiger partial charge >= 0.3 is 0 Å². The molecule has 3 aromatic rings. The lowest BCUT2D eigenvalue weighted by Gasteiger charge is -2.40. The second-order valence-corrected chi connectivity index (χ2v) is 12.1. The van der Waals surface area contributed by atoms with Crippen molar-refractivity contribution in [2.45, 2.75) is 44.4 Å². The average Bonchev–Trinajstić information content (AvgIpc) is 3.19. The number of hydrogen-bond acceptors (Lipinski definition) is 11. The molecule has 1 aliphatic heterocycles. The number of thiazole rings is 1. The molecule has 2 aliphatic rings. The first kappa shape index (κ1) is 22.7. The van der Waals surface area contributed by atoms with Crippen molar-refractivity contribution in [1.29, 1.82) is 0 Å². The van der Waals surface area contributed by atoms with Crippen molar-refractivity contribution >= 4 is 49.2 Å². The summed E-state index contributed by atoms with van der Waals surface area (Å²) < 4.78 is 19.8. The lowest BCUT2D eigenvalue weighted by Crippen LogP contribution is -2.38. The number of pyridine rings is 1. The number of aliphatic hydroxyl groups excluding tert-OH is 1. The lowest BCUT2D eigenvalue weighted by molar-refractivity contribution is 0.126. The van der Waals surface area contributed by atoms with Gasteiger partial charge < -0.3 is 15.7 Å². The highest BCUT2D eigenvalue weighted by molar-refractivity contribution is 8.24. The monoisotopic (exact) mass is 491 g/mol. The molecule has 4 heterocycles. The number of anilines is 3. The Kier molecular flexibility index (Phi) is 6.63. The van der Waals surface area contributed by atoms with E-state index in [-0.39, 0.29) is 12.1 Å². The minimum absolute atomic E-state index is 0.216. The normalized spacial score (nSPS) is 24.5. The van der Waals surface area contributed by atoms with E-state index >= 15 is 0 Å². The predicted molar refractivity (Wildman–Crippen MR) is 132 cm³/mol. The maximum Gasteiger partial charge on any atom is 0.225 e. The Morgan fingerprint density at radius 3 is 2.64 bits per heavy atom. The van der Waals surface area contributed by atoms with Gasteiger partial charge in [-0.2, -0.15) is 15.6 Å². The molecule has 0 bridgehead atoms. The third-order valence-corrected chi connectivity index (χ3v) is 8.63. The molecule has 178 valence electrons. The van der Waals surface area contributed by atoms with Gasteiger partial charge in [-0.25, -0.2) is 15.0 Å². The average molecular weight is 492 g/mol. The zero-order valence-corrected chi connectivity index (χ0v) is 19.9. The van der Waals surface area contributed by atoms with Crippen LogP contribution in [0.1, 0.15) is 31.4 Å². The molecule has 0 aromatic carbocycles. The zero-order chi connectivity index (χ0) is 22.8. The number of aliphatic hydroxyl groups is 1. The van der Waals surface area contributed by atoms with E-state index in [1.165, 1.54) is 11.3 Å². The van der Waals surface area contributed by atoms with Crippen LogP contribution in [0.4, 0.5) is 16.9 Å². The SMILES string of the molecule is OC1CCC(Nc2nc(CN3CCS(O)(O)CC3)cc(Nc3nc4cccnc4s3)n2)CC1. The van der Waals surface area contributed by atoms with Crippen LogP contribution in [-0.4, -0.2) is 75.8 Å². The molecule has 0 atom stereocenters. The molecule has 5 rings (SSSR count). The zero-order valence-electron chi connectivity index (χ0n) is 18.2. The van der Waals surface area contributed by atoms with E-state index in [4.69, 9.17) is 4.98 Å². The summed E-state index contributed by atoms with van der Waals surface area (Å²) in [6, 6.07) is 5.94. The molecule has 12 heteroatoms. The summed E-state index contributed by atoms with van der Waals surface area (Å²) >= 11 is 1.47. The molecule has 5 N–H and O–H groups in total. The first-order chi connectivity index (χ1) is 15.9. The van der Waals surface area contributed by atoms with Gasteiger partial charge in [0.1, 0.15) is 16.2 Å². The van der Waals surface area contributed by atoms with E-state index in [9.17, 15) is 14.2 Å². The molecule has 2 fully saturated rings. The molecule has 3 aromatic heterocycles. The predicted octanol–water partition coefficient (Wildman–Crippen LogP) is 3.51. The summed E-state index contributed by atoms with van der Waals surface area (Å²) in [6.45, 7) is 1.86. The van der Waals surface area contributed by atoms with Crippen LogP contribution in [0.3, 0.4) is 0 Å². The van der Waals surface area contributed by atoms with Gasteiger partial charge in [0.05, 0.1) is 23.3 Å². The molecule has 10 nitrogen and oxygen atoms in total. The van der Waals surface area contributed by atoms with E-state index in [2.05, 4.69) is 30.5 Å². The number of rotatable bonds is 6. The molecule has 0 spiro atoms. The second-order valence-electron chi connectivity index (χ2n) is 8.68. The van der Waals surface area contributed by atoms with Crippen molar-refractivity contribution in [3.05, 3.63) is 30.1 Å². The molecule has 1 aliphatic carbocycles. The first-order valence-electron chi connectivity index (χ1n) is 11.2. The number of nitrogens with one attached hydrogen (secondary N) is 2. The smallest absolute Gasteiger partial charge is 0.225 e. The third kappa shape index (κ3) is 5.89. The topological polar surface area (TPSA) is 140 Å². The molecular weight excluding hydrogens is 462 g/mol. The minimum Gasteiger partial charge on any atom is -0.393 e. The lowest BCUT2D eigenvalue weighted by atomic mass is 9.93. The Morgan fingerprint density at radius 1 is 1.09 bits per heavy atom. The Morgan fingerprint density at radius 2 is 1.88 bits per heavy atom. The molecule has 0 unspecified atom stereocenters. The summed E-state index contributed by atoms with van der Waals surface area (Å²) in [5.41, 5.74) is 1.69. The van der Waals surface area contributed by atoms with Crippen LogP contribution in [0, 0.1) is 0 Å². The van der Waals surface area contributed by atoms with Crippen LogP contribution in [0.25, 0.3) is 10.3 Å². The van der Waals surface area contributed by atoms with Crippen LogP contribution >= 0.6 is 21.9 Å². The van der Waals surface area contributed by atoms with Crippen LogP contribution < -0.4 is 10.6 Å². The van der Waals surface area contributed by atoms with Gasteiger partial charge in [0.15, 0.2) is 5.13 Å². The largest absolute Gasteiger partial charge is 0.393 e. The number of hydrogen-bond donors (Lipinski definition) is 5. The fourth-order valence-corrected chi connectivity index (χ4v) is 6.31. The van der Waals surface area contributed by atoms with Crippen molar-refractivity contribution in [3.8, 4) is 0 Å². The molecular formula is C21H29N7O3S2. The number of fused-ring (bicyclic) bond motifs is 1.